The predicted octanol–water partition coefficient (Wildman–Crippen LogP) is 0.761. The van der Waals surface area contributed by atoms with E-state index >= 15 is 0 Å². The Morgan fingerprint density at radius 1 is 0.964 bits per heavy atom. The third-order valence-corrected chi connectivity index (χ3v) is 4.47. The third-order valence-electron chi connectivity index (χ3n) is 4.47. The van der Waals surface area contributed by atoms with Crippen LogP contribution in [-0.4, -0.2) is 63.5 Å². The Morgan fingerprint density at radius 2 is 1.64 bits per heavy atom. The van der Waals surface area contributed by atoms with E-state index in [2.05, 4.69) is 0 Å². The lowest BCUT2D eigenvalue weighted by atomic mass is 9.99. The summed E-state index contributed by atoms with van der Waals surface area (Å²) in [4.78, 5) is 12.3. The molecule has 0 bridgehead atoms. The van der Waals surface area contributed by atoms with Gasteiger partial charge in [-0.15, -0.1) is 0 Å². The second-order valence-electron chi connectivity index (χ2n) is 6.45. The zero-order chi connectivity index (χ0) is 20.1. The van der Waals surface area contributed by atoms with E-state index in [9.17, 15) is 25.2 Å². The first-order valence-corrected chi connectivity index (χ1v) is 8.84. The van der Waals surface area contributed by atoms with E-state index in [0.29, 0.717) is 11.3 Å². The highest BCUT2D eigenvalue weighted by atomic mass is 16.7. The van der Waals surface area contributed by atoms with E-state index in [1.807, 2.05) is 30.3 Å². The quantitative estimate of drug-likeness (QED) is 0.428. The van der Waals surface area contributed by atoms with Crippen LogP contribution in [-0.2, 0) is 4.74 Å². The van der Waals surface area contributed by atoms with Gasteiger partial charge in [0.1, 0.15) is 30.2 Å². The van der Waals surface area contributed by atoms with Crippen molar-refractivity contribution in [3.05, 3.63) is 71.8 Å². The normalized spacial score (nSPS) is 27.6. The van der Waals surface area contributed by atoms with Gasteiger partial charge in [-0.05, 0) is 35.9 Å². The van der Waals surface area contributed by atoms with Crippen LogP contribution in [0.1, 0.15) is 15.9 Å². The number of ketones is 1. The molecule has 1 heterocycles. The smallest absolute Gasteiger partial charge is 0.229 e. The van der Waals surface area contributed by atoms with Gasteiger partial charge in [0.05, 0.1) is 6.61 Å². The van der Waals surface area contributed by atoms with E-state index in [0.717, 1.165) is 5.56 Å². The largest absolute Gasteiger partial charge is 0.462 e. The highest BCUT2D eigenvalue weighted by Gasteiger charge is 2.44. The molecule has 4 N–H and O–H groups in total. The van der Waals surface area contributed by atoms with Gasteiger partial charge < -0.3 is 29.9 Å². The van der Waals surface area contributed by atoms with Crippen LogP contribution in [0.2, 0.25) is 0 Å². The molecule has 148 valence electrons. The fraction of sp³-hybridized carbons (Fsp3) is 0.286. The van der Waals surface area contributed by atoms with E-state index in [4.69, 9.17) is 9.47 Å². The number of benzene rings is 2. The Bertz CT molecular complexity index is 801. The van der Waals surface area contributed by atoms with Crippen molar-refractivity contribution >= 4 is 11.9 Å². The summed E-state index contributed by atoms with van der Waals surface area (Å²) in [7, 11) is 0. The number of aliphatic hydroxyl groups is 4. The lowest BCUT2D eigenvalue weighted by molar-refractivity contribution is -0.277. The van der Waals surface area contributed by atoms with Gasteiger partial charge in [-0.1, -0.05) is 36.4 Å². The van der Waals surface area contributed by atoms with Gasteiger partial charge >= 0.3 is 0 Å². The lowest BCUT2D eigenvalue weighted by Gasteiger charge is -2.39. The molecular weight excluding hydrogens is 364 g/mol. The molecule has 0 unspecified atom stereocenters. The van der Waals surface area contributed by atoms with Gasteiger partial charge in [0, 0.05) is 5.56 Å². The van der Waals surface area contributed by atoms with Crippen molar-refractivity contribution in [2.24, 2.45) is 0 Å². The summed E-state index contributed by atoms with van der Waals surface area (Å²) >= 11 is 0. The van der Waals surface area contributed by atoms with Gasteiger partial charge in [0.15, 0.2) is 5.78 Å². The summed E-state index contributed by atoms with van der Waals surface area (Å²) in [6, 6.07) is 15.6. The molecule has 1 fully saturated rings. The van der Waals surface area contributed by atoms with Crippen molar-refractivity contribution in [2.75, 3.05) is 6.61 Å². The minimum Gasteiger partial charge on any atom is -0.462 e. The Kier molecular flexibility index (Phi) is 6.56. The SMILES string of the molecule is O=C(C=Cc1ccccc1)c1ccc(O[C@@H]2O[C@H](CO)[C@@H](O)[C@@H](O)[C@H]2O)cc1. The summed E-state index contributed by atoms with van der Waals surface area (Å²) in [6.45, 7) is -0.536. The molecule has 0 radical (unpaired) electrons. The predicted molar refractivity (Wildman–Crippen MR) is 101 cm³/mol. The topological polar surface area (TPSA) is 116 Å². The number of rotatable bonds is 6. The van der Waals surface area contributed by atoms with Crippen LogP contribution in [0.3, 0.4) is 0 Å². The Morgan fingerprint density at radius 3 is 2.29 bits per heavy atom. The number of hydrogen-bond donors (Lipinski definition) is 4. The molecular formula is C21H22O7. The van der Waals surface area contributed by atoms with Crippen molar-refractivity contribution in [1.82, 2.24) is 0 Å². The van der Waals surface area contributed by atoms with Crippen molar-refractivity contribution in [3.63, 3.8) is 0 Å². The van der Waals surface area contributed by atoms with Crippen LogP contribution >= 0.6 is 0 Å². The van der Waals surface area contributed by atoms with Crippen LogP contribution in [0.5, 0.6) is 5.75 Å². The molecule has 0 aliphatic carbocycles. The van der Waals surface area contributed by atoms with Gasteiger partial charge in [-0.2, -0.15) is 0 Å². The van der Waals surface area contributed by atoms with E-state index in [1.165, 1.54) is 18.2 Å². The van der Waals surface area contributed by atoms with Crippen LogP contribution in [0, 0.1) is 0 Å². The molecule has 0 aromatic heterocycles. The van der Waals surface area contributed by atoms with Crippen LogP contribution < -0.4 is 4.74 Å². The summed E-state index contributed by atoms with van der Waals surface area (Å²) in [5, 5.41) is 38.8. The third kappa shape index (κ3) is 4.64. The first kappa shape index (κ1) is 20.2. The highest BCUT2D eigenvalue weighted by Crippen LogP contribution is 2.24. The number of carbonyl (C=O) groups is 1. The number of hydrogen-bond acceptors (Lipinski definition) is 7. The van der Waals surface area contributed by atoms with Crippen molar-refractivity contribution in [1.29, 1.82) is 0 Å². The average Bonchev–Trinajstić information content (AvgIpc) is 2.73. The zero-order valence-corrected chi connectivity index (χ0v) is 15.0. The van der Waals surface area contributed by atoms with E-state index in [-0.39, 0.29) is 5.78 Å². The molecule has 2 aromatic carbocycles. The lowest BCUT2D eigenvalue weighted by Crippen LogP contribution is -2.60. The highest BCUT2D eigenvalue weighted by molar-refractivity contribution is 6.06. The summed E-state index contributed by atoms with van der Waals surface area (Å²) in [5.41, 5.74) is 1.37. The molecule has 1 aliphatic rings. The molecule has 5 atom stereocenters. The minimum atomic E-state index is -1.51. The maximum Gasteiger partial charge on any atom is 0.229 e. The molecule has 0 saturated carbocycles. The Hall–Kier alpha value is -2.55. The van der Waals surface area contributed by atoms with E-state index < -0.39 is 37.3 Å². The number of allylic oxidation sites excluding steroid dienone is 1. The molecule has 28 heavy (non-hydrogen) atoms. The second-order valence-corrected chi connectivity index (χ2v) is 6.45. The fourth-order valence-corrected chi connectivity index (χ4v) is 2.83. The standard InChI is InChI=1S/C21H22O7/c22-12-17-18(24)19(25)20(26)21(28-17)27-15-9-7-14(8-10-15)16(23)11-6-13-4-2-1-3-5-13/h1-11,17-22,24-26H,12H2/t17-,18-,19-,20-,21-/m1/s1. The van der Waals surface area contributed by atoms with Crippen LogP contribution in [0.15, 0.2) is 60.7 Å². The second kappa shape index (κ2) is 9.09. The maximum atomic E-state index is 12.3. The Balaban J connectivity index is 1.64. The molecule has 3 rings (SSSR count). The summed E-state index contributed by atoms with van der Waals surface area (Å²) < 4.78 is 10.8. The molecule has 0 amide bonds. The molecule has 1 aliphatic heterocycles. The summed E-state index contributed by atoms with van der Waals surface area (Å²) in [6.07, 6.45) is -3.57. The summed E-state index contributed by atoms with van der Waals surface area (Å²) in [5.74, 6) is 0.121. The number of ether oxygens (including phenoxy) is 2. The van der Waals surface area contributed by atoms with Crippen LogP contribution in [0.25, 0.3) is 6.08 Å². The van der Waals surface area contributed by atoms with Crippen molar-refractivity contribution in [2.45, 2.75) is 30.7 Å². The molecule has 7 heteroatoms. The molecule has 2 aromatic rings. The van der Waals surface area contributed by atoms with E-state index in [1.54, 1.807) is 18.2 Å². The number of carbonyl (C=O) groups excluding carboxylic acids is 1. The van der Waals surface area contributed by atoms with Crippen LogP contribution in [0.4, 0.5) is 0 Å². The monoisotopic (exact) mass is 386 g/mol. The Labute approximate surface area is 162 Å². The van der Waals surface area contributed by atoms with Crippen molar-refractivity contribution < 1.29 is 34.7 Å². The van der Waals surface area contributed by atoms with Gasteiger partial charge in [-0.25, -0.2) is 0 Å². The van der Waals surface area contributed by atoms with Gasteiger partial charge in [-0.3, -0.25) is 4.79 Å². The fourth-order valence-electron chi connectivity index (χ4n) is 2.83. The first-order chi connectivity index (χ1) is 13.5. The van der Waals surface area contributed by atoms with Gasteiger partial charge in [0.2, 0.25) is 6.29 Å². The number of aliphatic hydroxyl groups excluding tert-OH is 4. The van der Waals surface area contributed by atoms with Crippen molar-refractivity contribution in [3.8, 4) is 5.75 Å². The minimum absolute atomic E-state index is 0.178. The first-order valence-electron chi connectivity index (χ1n) is 8.84. The zero-order valence-electron chi connectivity index (χ0n) is 15.0. The van der Waals surface area contributed by atoms with Gasteiger partial charge in [0.25, 0.3) is 0 Å². The maximum absolute atomic E-state index is 12.3. The molecule has 1 saturated heterocycles. The average molecular weight is 386 g/mol. The molecule has 0 spiro atoms. The molecule has 7 nitrogen and oxygen atoms in total.